The fourth-order valence-electron chi connectivity index (χ4n) is 0.506. The van der Waals surface area contributed by atoms with Crippen LogP contribution in [-0.4, -0.2) is 26.3 Å². The van der Waals surface area contributed by atoms with Gasteiger partial charge in [-0.25, -0.2) is 4.79 Å². The molecule has 0 unspecified atom stereocenters. The second kappa shape index (κ2) is 2.62. The van der Waals surface area contributed by atoms with Gasteiger partial charge in [0.2, 0.25) is 10.5 Å². The molecule has 0 aliphatic heterocycles. The number of nitrogens with one attached hydrogen (secondary N) is 1. The van der Waals surface area contributed by atoms with Crippen LogP contribution in [0.25, 0.3) is 0 Å². The first-order valence-electron chi connectivity index (χ1n) is 2.56. The zero-order valence-corrected chi connectivity index (χ0v) is 6.05. The molecular formula is C4H4N4O2S. The molecule has 0 bridgehead atoms. The van der Waals surface area contributed by atoms with E-state index >= 15 is 0 Å². The molecule has 6 nitrogen and oxygen atoms in total. The van der Waals surface area contributed by atoms with Gasteiger partial charge in [0.1, 0.15) is 0 Å². The predicted octanol–water partition coefficient (Wildman–Crippen LogP) is -0.185. The highest BCUT2D eigenvalue weighted by Gasteiger charge is 2.09. The van der Waals surface area contributed by atoms with Crippen molar-refractivity contribution in [3.05, 3.63) is 10.5 Å². The summed E-state index contributed by atoms with van der Waals surface area (Å²) < 4.78 is 0.0625. The fraction of sp³-hybridized carbons (Fsp3) is 0. The first-order chi connectivity index (χ1) is 5.11. The lowest BCUT2D eigenvalue weighted by Crippen LogP contribution is -2.09. The molecule has 7 heteroatoms. The van der Waals surface area contributed by atoms with Crippen LogP contribution in [0, 0.1) is 4.77 Å². The summed E-state index contributed by atoms with van der Waals surface area (Å²) in [5.41, 5.74) is 4.86. The molecule has 0 aliphatic rings. The molecule has 4 N–H and O–H groups in total. The standard InChI is InChI=1S/C4H4N4O2S/c5-2-1(3(9)10)7-8-4(11)6-2/h(H,9,10)(H3,5,6,8,11). The Labute approximate surface area is 66.1 Å². The number of H-pyrrole nitrogens is 1. The van der Waals surface area contributed by atoms with Crippen molar-refractivity contribution < 1.29 is 9.90 Å². The zero-order valence-electron chi connectivity index (χ0n) is 5.24. The minimum Gasteiger partial charge on any atom is -0.476 e. The number of aromatic carboxylic acids is 1. The highest BCUT2D eigenvalue weighted by atomic mass is 32.1. The molecule has 11 heavy (non-hydrogen) atoms. The highest BCUT2D eigenvalue weighted by Crippen LogP contribution is 2.00. The maximum Gasteiger partial charge on any atom is 0.360 e. The molecule has 1 aromatic rings. The Morgan fingerprint density at radius 1 is 1.73 bits per heavy atom. The van der Waals surface area contributed by atoms with E-state index in [0.717, 1.165) is 0 Å². The highest BCUT2D eigenvalue weighted by molar-refractivity contribution is 7.71. The number of carboxylic acid groups (broad SMARTS) is 1. The Kier molecular flexibility index (Phi) is 1.81. The lowest BCUT2D eigenvalue weighted by Gasteiger charge is -1.94. The molecule has 0 aliphatic carbocycles. The number of rotatable bonds is 1. The van der Waals surface area contributed by atoms with E-state index in [0.29, 0.717) is 0 Å². The maximum absolute atomic E-state index is 10.3. The first kappa shape index (κ1) is 7.61. The molecule has 0 aromatic carbocycles. The smallest absolute Gasteiger partial charge is 0.360 e. The van der Waals surface area contributed by atoms with Crippen LogP contribution < -0.4 is 5.73 Å². The molecule has 58 valence electrons. The summed E-state index contributed by atoms with van der Waals surface area (Å²) in [5.74, 6) is -1.41. The third kappa shape index (κ3) is 1.49. The van der Waals surface area contributed by atoms with Gasteiger partial charge in [0, 0.05) is 0 Å². The van der Waals surface area contributed by atoms with E-state index in [9.17, 15) is 4.79 Å². The van der Waals surface area contributed by atoms with Crippen molar-refractivity contribution in [3.63, 3.8) is 0 Å². The lowest BCUT2D eigenvalue weighted by molar-refractivity contribution is 0.0690. The van der Waals surface area contributed by atoms with Gasteiger partial charge >= 0.3 is 5.97 Å². The molecule has 0 atom stereocenters. The van der Waals surface area contributed by atoms with Gasteiger partial charge in [-0.3, -0.25) is 5.10 Å². The Morgan fingerprint density at radius 3 is 2.82 bits per heavy atom. The van der Waals surface area contributed by atoms with E-state index in [4.69, 9.17) is 10.8 Å². The summed E-state index contributed by atoms with van der Waals surface area (Å²) in [4.78, 5) is 13.8. The number of anilines is 1. The number of hydrogen-bond acceptors (Lipinski definition) is 5. The molecule has 1 heterocycles. The molecule has 0 amide bonds. The van der Waals surface area contributed by atoms with E-state index in [-0.39, 0.29) is 16.3 Å². The van der Waals surface area contributed by atoms with Crippen LogP contribution in [0.3, 0.4) is 0 Å². The monoisotopic (exact) mass is 172 g/mol. The summed E-state index contributed by atoms with van der Waals surface area (Å²) in [6, 6.07) is 0. The van der Waals surface area contributed by atoms with E-state index in [2.05, 4.69) is 27.4 Å². The second-order valence-corrected chi connectivity index (χ2v) is 2.07. The number of nitrogens with two attached hydrogens (primary N) is 1. The zero-order chi connectivity index (χ0) is 8.43. The van der Waals surface area contributed by atoms with Crippen molar-refractivity contribution in [1.29, 1.82) is 0 Å². The van der Waals surface area contributed by atoms with Gasteiger partial charge in [0.15, 0.2) is 5.82 Å². The van der Waals surface area contributed by atoms with E-state index < -0.39 is 5.97 Å². The van der Waals surface area contributed by atoms with Crippen LogP contribution in [0.15, 0.2) is 0 Å². The quantitative estimate of drug-likeness (QED) is 0.507. The number of nitrogen functional groups attached to an aromatic ring is 1. The van der Waals surface area contributed by atoms with Crippen LogP contribution in [0.4, 0.5) is 5.82 Å². The third-order valence-corrected chi connectivity index (χ3v) is 1.11. The van der Waals surface area contributed by atoms with Crippen molar-refractivity contribution >= 4 is 24.0 Å². The van der Waals surface area contributed by atoms with Crippen LogP contribution in [0.2, 0.25) is 0 Å². The van der Waals surface area contributed by atoms with Crippen molar-refractivity contribution in [2.45, 2.75) is 0 Å². The Bertz CT molecular complexity index is 346. The van der Waals surface area contributed by atoms with Gasteiger partial charge in [-0.2, -0.15) is 10.1 Å². The van der Waals surface area contributed by atoms with Gasteiger partial charge in [-0.05, 0) is 12.2 Å². The van der Waals surface area contributed by atoms with Crippen LogP contribution in [-0.2, 0) is 0 Å². The average molecular weight is 172 g/mol. The minimum atomic E-state index is -1.23. The topological polar surface area (TPSA) is 105 Å². The molecule has 0 radical (unpaired) electrons. The number of aromatic nitrogens is 3. The van der Waals surface area contributed by atoms with Gasteiger partial charge in [0.25, 0.3) is 0 Å². The molecule has 0 saturated carbocycles. The minimum absolute atomic E-state index is 0.0625. The predicted molar refractivity (Wildman–Crippen MR) is 38.6 cm³/mol. The molecule has 1 aromatic heterocycles. The van der Waals surface area contributed by atoms with Crippen molar-refractivity contribution in [2.24, 2.45) is 0 Å². The molecule has 0 saturated heterocycles. The normalized spacial score (nSPS) is 9.45. The van der Waals surface area contributed by atoms with E-state index in [1.807, 2.05) is 0 Å². The van der Waals surface area contributed by atoms with Crippen molar-refractivity contribution in [1.82, 2.24) is 15.2 Å². The maximum atomic E-state index is 10.3. The summed E-state index contributed by atoms with van der Waals surface area (Å²) in [5, 5.41) is 14.0. The van der Waals surface area contributed by atoms with Crippen LogP contribution in [0.1, 0.15) is 10.5 Å². The lowest BCUT2D eigenvalue weighted by atomic mass is 10.4. The summed E-state index contributed by atoms with van der Waals surface area (Å²) >= 11 is 4.54. The van der Waals surface area contributed by atoms with Gasteiger partial charge < -0.3 is 10.8 Å². The number of carboxylic acids is 1. The van der Waals surface area contributed by atoms with Crippen LogP contribution in [0.5, 0.6) is 0 Å². The Hall–Kier alpha value is -1.50. The number of aromatic amines is 1. The molecular weight excluding hydrogens is 168 g/mol. The van der Waals surface area contributed by atoms with Crippen molar-refractivity contribution in [2.75, 3.05) is 5.73 Å². The molecule has 0 spiro atoms. The Balaban J connectivity index is 3.31. The first-order valence-corrected chi connectivity index (χ1v) is 2.97. The van der Waals surface area contributed by atoms with Gasteiger partial charge in [-0.15, -0.1) is 0 Å². The largest absolute Gasteiger partial charge is 0.476 e. The van der Waals surface area contributed by atoms with E-state index in [1.54, 1.807) is 0 Å². The number of carbonyl (C=O) groups is 1. The van der Waals surface area contributed by atoms with Gasteiger partial charge in [0.05, 0.1) is 0 Å². The number of nitrogens with zero attached hydrogens (tertiary/aromatic N) is 2. The van der Waals surface area contributed by atoms with Crippen molar-refractivity contribution in [3.8, 4) is 0 Å². The second-order valence-electron chi connectivity index (χ2n) is 1.68. The summed E-state index contributed by atoms with van der Waals surface area (Å²) in [6.07, 6.45) is 0. The SMILES string of the molecule is Nc1nc(=S)[nH]nc1C(=O)O. The Morgan fingerprint density at radius 2 is 2.36 bits per heavy atom. The van der Waals surface area contributed by atoms with Gasteiger partial charge in [-0.1, -0.05) is 0 Å². The third-order valence-electron chi connectivity index (χ3n) is 0.931. The fourth-order valence-corrected chi connectivity index (χ4v) is 0.650. The average Bonchev–Trinajstić information content (AvgIpc) is 1.85. The summed E-state index contributed by atoms with van der Waals surface area (Å²) in [7, 11) is 0. The molecule has 0 fully saturated rings. The van der Waals surface area contributed by atoms with E-state index in [1.165, 1.54) is 0 Å². The number of hydrogen-bond donors (Lipinski definition) is 3. The molecule has 1 rings (SSSR count). The van der Waals surface area contributed by atoms with Crippen LogP contribution >= 0.6 is 12.2 Å². The summed E-state index contributed by atoms with van der Waals surface area (Å²) in [6.45, 7) is 0.